The predicted molar refractivity (Wildman–Crippen MR) is 74.4 cm³/mol. The number of ether oxygens (including phenoxy) is 1. The summed E-state index contributed by atoms with van der Waals surface area (Å²) in [6.07, 6.45) is 2.48. The van der Waals surface area contributed by atoms with Crippen LogP contribution in [0.3, 0.4) is 0 Å². The first-order valence-electron chi connectivity index (χ1n) is 6.22. The van der Waals surface area contributed by atoms with Gasteiger partial charge in [0.2, 0.25) is 0 Å². The van der Waals surface area contributed by atoms with E-state index in [4.69, 9.17) is 15.7 Å². The van der Waals surface area contributed by atoms with Crippen molar-refractivity contribution in [3.05, 3.63) is 23.8 Å². The highest BCUT2D eigenvalue weighted by molar-refractivity contribution is 5.58. The van der Waals surface area contributed by atoms with Crippen LogP contribution in [0, 0.1) is 11.3 Å². The summed E-state index contributed by atoms with van der Waals surface area (Å²) in [7, 11) is 1.70. The molecule has 3 N–H and O–H groups in total. The highest BCUT2D eigenvalue weighted by Gasteiger charge is 2.08. The van der Waals surface area contributed by atoms with Gasteiger partial charge in [-0.1, -0.05) is 13.3 Å². The Morgan fingerprint density at radius 2 is 2.28 bits per heavy atom. The summed E-state index contributed by atoms with van der Waals surface area (Å²) in [5, 5.41) is 12.2. The Morgan fingerprint density at radius 3 is 2.89 bits per heavy atom. The summed E-state index contributed by atoms with van der Waals surface area (Å²) in [5.74, 6) is 0. The summed E-state index contributed by atoms with van der Waals surface area (Å²) in [6.45, 7) is 2.82. The van der Waals surface area contributed by atoms with Gasteiger partial charge in [0, 0.05) is 24.5 Å². The van der Waals surface area contributed by atoms with Crippen molar-refractivity contribution in [2.75, 3.05) is 24.8 Å². The van der Waals surface area contributed by atoms with E-state index >= 15 is 0 Å². The van der Waals surface area contributed by atoms with E-state index in [0.29, 0.717) is 24.8 Å². The molecule has 0 bridgehead atoms. The zero-order valence-corrected chi connectivity index (χ0v) is 11.1. The first-order valence-corrected chi connectivity index (χ1v) is 6.22. The van der Waals surface area contributed by atoms with Gasteiger partial charge in [0.15, 0.2) is 0 Å². The van der Waals surface area contributed by atoms with Gasteiger partial charge in [0.1, 0.15) is 0 Å². The van der Waals surface area contributed by atoms with Gasteiger partial charge in [-0.25, -0.2) is 0 Å². The van der Waals surface area contributed by atoms with E-state index in [1.54, 1.807) is 7.11 Å². The largest absolute Gasteiger partial charge is 0.398 e. The number of nitrogens with one attached hydrogen (secondary N) is 1. The molecule has 4 heteroatoms. The van der Waals surface area contributed by atoms with Crippen LogP contribution in [0.1, 0.15) is 25.3 Å². The molecule has 0 fully saturated rings. The lowest BCUT2D eigenvalue weighted by Crippen LogP contribution is -2.24. The van der Waals surface area contributed by atoms with E-state index in [1.807, 2.05) is 18.2 Å². The molecule has 0 spiro atoms. The van der Waals surface area contributed by atoms with Crippen molar-refractivity contribution >= 4 is 11.4 Å². The van der Waals surface area contributed by atoms with Crippen molar-refractivity contribution in [3.8, 4) is 6.07 Å². The van der Waals surface area contributed by atoms with Crippen LogP contribution in [0.25, 0.3) is 0 Å². The minimum absolute atomic E-state index is 0.290. The second-order valence-electron chi connectivity index (χ2n) is 4.33. The molecule has 1 aromatic carbocycles. The monoisotopic (exact) mass is 247 g/mol. The standard InChI is InChI=1S/C14H21N3O/c1-3-4-13(10-18-2)17-12-5-6-14(16)11(9-12)7-8-15/h5-6,9,13,17H,3-4,7,10,16H2,1-2H3. The van der Waals surface area contributed by atoms with Crippen LogP contribution in [0.5, 0.6) is 0 Å². The quantitative estimate of drug-likeness (QED) is 0.726. The first kappa shape index (κ1) is 14.3. The molecule has 0 radical (unpaired) electrons. The van der Waals surface area contributed by atoms with Crippen molar-refractivity contribution in [1.82, 2.24) is 0 Å². The number of hydrogen-bond donors (Lipinski definition) is 2. The summed E-state index contributed by atoms with van der Waals surface area (Å²) >= 11 is 0. The van der Waals surface area contributed by atoms with Crippen LogP contribution < -0.4 is 11.1 Å². The van der Waals surface area contributed by atoms with Crippen molar-refractivity contribution < 1.29 is 4.74 Å². The molecule has 1 rings (SSSR count). The third-order valence-corrected chi connectivity index (χ3v) is 2.79. The average molecular weight is 247 g/mol. The maximum absolute atomic E-state index is 8.74. The number of nitriles is 1. The lowest BCUT2D eigenvalue weighted by molar-refractivity contribution is 0.182. The smallest absolute Gasteiger partial charge is 0.0670 e. The Bertz CT molecular complexity index is 406. The number of anilines is 2. The van der Waals surface area contributed by atoms with E-state index in [9.17, 15) is 0 Å². The van der Waals surface area contributed by atoms with Crippen LogP contribution in [0.2, 0.25) is 0 Å². The third-order valence-electron chi connectivity index (χ3n) is 2.79. The maximum atomic E-state index is 8.74. The molecule has 4 nitrogen and oxygen atoms in total. The average Bonchev–Trinajstić information content (AvgIpc) is 2.34. The van der Waals surface area contributed by atoms with Crippen LogP contribution in [0.4, 0.5) is 11.4 Å². The topological polar surface area (TPSA) is 71.1 Å². The highest BCUT2D eigenvalue weighted by atomic mass is 16.5. The number of rotatable bonds is 7. The minimum Gasteiger partial charge on any atom is -0.398 e. The number of methoxy groups -OCH3 is 1. The Hall–Kier alpha value is -1.73. The number of nitrogens with two attached hydrogens (primary N) is 1. The summed E-state index contributed by atoms with van der Waals surface area (Å²) in [5.41, 5.74) is 8.35. The molecule has 98 valence electrons. The Labute approximate surface area is 109 Å². The lowest BCUT2D eigenvalue weighted by atomic mass is 10.1. The Balaban J connectivity index is 2.76. The third kappa shape index (κ3) is 4.27. The molecule has 1 unspecified atom stereocenters. The fourth-order valence-electron chi connectivity index (χ4n) is 1.92. The number of nitrogen functional groups attached to an aromatic ring is 1. The number of nitrogens with zero attached hydrogens (tertiary/aromatic N) is 1. The molecule has 1 aromatic rings. The fraction of sp³-hybridized carbons (Fsp3) is 0.500. The van der Waals surface area contributed by atoms with E-state index in [0.717, 1.165) is 24.1 Å². The zero-order chi connectivity index (χ0) is 13.4. The molecular weight excluding hydrogens is 226 g/mol. The SMILES string of the molecule is CCCC(COC)Nc1ccc(N)c(CC#N)c1. The molecule has 0 saturated carbocycles. The Morgan fingerprint density at radius 1 is 1.50 bits per heavy atom. The van der Waals surface area contributed by atoms with Gasteiger partial charge >= 0.3 is 0 Å². The second kappa shape index (κ2) is 7.57. The van der Waals surface area contributed by atoms with Gasteiger partial charge < -0.3 is 15.8 Å². The van der Waals surface area contributed by atoms with E-state index < -0.39 is 0 Å². The molecular formula is C14H21N3O. The molecule has 0 aliphatic heterocycles. The molecule has 0 amide bonds. The first-order chi connectivity index (χ1) is 8.71. The normalized spacial score (nSPS) is 11.8. The van der Waals surface area contributed by atoms with Gasteiger partial charge in [-0.2, -0.15) is 5.26 Å². The van der Waals surface area contributed by atoms with Gasteiger partial charge in [0.05, 0.1) is 19.1 Å². The zero-order valence-electron chi connectivity index (χ0n) is 11.1. The molecule has 0 aromatic heterocycles. The summed E-state index contributed by atoms with van der Waals surface area (Å²) in [6, 6.07) is 8.13. The number of benzene rings is 1. The summed E-state index contributed by atoms with van der Waals surface area (Å²) < 4.78 is 5.19. The maximum Gasteiger partial charge on any atom is 0.0670 e. The molecule has 0 aliphatic carbocycles. The molecule has 0 saturated heterocycles. The summed E-state index contributed by atoms with van der Waals surface area (Å²) in [4.78, 5) is 0. The van der Waals surface area contributed by atoms with Crippen molar-refractivity contribution in [2.24, 2.45) is 0 Å². The van der Waals surface area contributed by atoms with Gasteiger partial charge in [-0.05, 0) is 30.2 Å². The second-order valence-corrected chi connectivity index (χ2v) is 4.33. The van der Waals surface area contributed by atoms with E-state index in [2.05, 4.69) is 18.3 Å². The van der Waals surface area contributed by atoms with Crippen LogP contribution in [-0.4, -0.2) is 19.8 Å². The van der Waals surface area contributed by atoms with Crippen LogP contribution >= 0.6 is 0 Å². The van der Waals surface area contributed by atoms with Crippen molar-refractivity contribution in [3.63, 3.8) is 0 Å². The van der Waals surface area contributed by atoms with Gasteiger partial charge in [0.25, 0.3) is 0 Å². The Kier molecular flexibility index (Phi) is 6.03. The van der Waals surface area contributed by atoms with Crippen LogP contribution in [-0.2, 0) is 11.2 Å². The van der Waals surface area contributed by atoms with Gasteiger partial charge in [-0.15, -0.1) is 0 Å². The molecule has 18 heavy (non-hydrogen) atoms. The van der Waals surface area contributed by atoms with Crippen molar-refractivity contribution in [2.45, 2.75) is 32.2 Å². The molecule has 1 atom stereocenters. The van der Waals surface area contributed by atoms with Crippen LogP contribution in [0.15, 0.2) is 18.2 Å². The van der Waals surface area contributed by atoms with Gasteiger partial charge in [-0.3, -0.25) is 0 Å². The fourth-order valence-corrected chi connectivity index (χ4v) is 1.92. The minimum atomic E-state index is 0.290. The molecule has 0 aliphatic rings. The lowest BCUT2D eigenvalue weighted by Gasteiger charge is -2.19. The number of hydrogen-bond acceptors (Lipinski definition) is 4. The van der Waals surface area contributed by atoms with E-state index in [1.165, 1.54) is 0 Å². The predicted octanol–water partition coefficient (Wildman–Crippen LogP) is 2.56. The van der Waals surface area contributed by atoms with Crippen molar-refractivity contribution in [1.29, 1.82) is 5.26 Å². The highest BCUT2D eigenvalue weighted by Crippen LogP contribution is 2.19. The van der Waals surface area contributed by atoms with E-state index in [-0.39, 0.29) is 0 Å². The molecule has 0 heterocycles.